The Morgan fingerprint density at radius 1 is 1.09 bits per heavy atom. The molecule has 3 amide bonds. The molecule has 184 valence electrons. The van der Waals surface area contributed by atoms with Crippen molar-refractivity contribution < 1.29 is 23.8 Å². The van der Waals surface area contributed by atoms with Crippen molar-refractivity contribution in [2.24, 2.45) is 5.92 Å². The standard InChI is InChI=1S/C26H34FN3O4/c1-19(2)18-34-24-11-7-20(8-12-24)16-28-25(31)30(17-21-5-9-22(27)10-6-21)23-4-3-14-29(15-13-23)26(32)33/h5-12,19,23H,3-4,13-18H2,1-2H3,(H,28,31)(H,32,33)/t23-/m1/s1. The summed E-state index contributed by atoms with van der Waals surface area (Å²) in [6, 6.07) is 13.4. The highest BCUT2D eigenvalue weighted by Crippen LogP contribution is 2.21. The normalized spacial score (nSPS) is 16.1. The quantitative estimate of drug-likeness (QED) is 0.561. The number of ether oxygens (including phenoxy) is 1. The van der Waals surface area contributed by atoms with Gasteiger partial charge in [0.1, 0.15) is 11.6 Å². The molecule has 0 saturated carbocycles. The van der Waals surface area contributed by atoms with E-state index in [1.54, 1.807) is 17.0 Å². The number of amides is 3. The van der Waals surface area contributed by atoms with Crippen LogP contribution in [-0.4, -0.2) is 52.8 Å². The number of hydrogen-bond donors (Lipinski definition) is 2. The third-order valence-corrected chi connectivity index (χ3v) is 5.89. The Balaban J connectivity index is 1.66. The van der Waals surface area contributed by atoms with Crippen molar-refractivity contribution in [1.82, 2.24) is 15.1 Å². The molecule has 1 heterocycles. The molecular formula is C26H34FN3O4. The number of nitrogens with zero attached hydrogens (tertiary/aromatic N) is 2. The minimum Gasteiger partial charge on any atom is -0.493 e. The second kappa shape index (κ2) is 12.3. The van der Waals surface area contributed by atoms with E-state index in [0.717, 1.165) is 16.9 Å². The first kappa shape index (κ1) is 25.3. The number of benzene rings is 2. The van der Waals surface area contributed by atoms with Crippen molar-refractivity contribution in [3.05, 3.63) is 65.5 Å². The topological polar surface area (TPSA) is 82.1 Å². The number of likely N-dealkylation sites (tertiary alicyclic amines) is 1. The van der Waals surface area contributed by atoms with E-state index < -0.39 is 6.09 Å². The molecule has 1 fully saturated rings. The Morgan fingerprint density at radius 2 is 1.76 bits per heavy atom. The van der Waals surface area contributed by atoms with Crippen LogP contribution in [0.5, 0.6) is 5.75 Å². The molecule has 3 rings (SSSR count). The molecule has 0 aromatic heterocycles. The number of carbonyl (C=O) groups is 2. The van der Waals surface area contributed by atoms with Crippen molar-refractivity contribution >= 4 is 12.1 Å². The van der Waals surface area contributed by atoms with Gasteiger partial charge in [0.2, 0.25) is 0 Å². The van der Waals surface area contributed by atoms with Crippen LogP contribution in [0.25, 0.3) is 0 Å². The molecule has 8 heteroatoms. The Kier molecular flexibility index (Phi) is 9.13. The van der Waals surface area contributed by atoms with E-state index >= 15 is 0 Å². The third kappa shape index (κ3) is 7.64. The third-order valence-electron chi connectivity index (χ3n) is 5.89. The smallest absolute Gasteiger partial charge is 0.407 e. The Morgan fingerprint density at radius 3 is 2.41 bits per heavy atom. The van der Waals surface area contributed by atoms with Gasteiger partial charge < -0.3 is 25.0 Å². The van der Waals surface area contributed by atoms with Gasteiger partial charge in [-0.05, 0) is 60.6 Å². The van der Waals surface area contributed by atoms with Gasteiger partial charge in [0.05, 0.1) is 6.61 Å². The molecule has 7 nitrogen and oxygen atoms in total. The lowest BCUT2D eigenvalue weighted by Gasteiger charge is -2.31. The second-order valence-corrected chi connectivity index (χ2v) is 9.12. The van der Waals surface area contributed by atoms with Crippen molar-refractivity contribution in [2.75, 3.05) is 19.7 Å². The molecule has 34 heavy (non-hydrogen) atoms. The van der Waals surface area contributed by atoms with Gasteiger partial charge in [-0.15, -0.1) is 0 Å². The fourth-order valence-corrected chi connectivity index (χ4v) is 3.98. The number of rotatable bonds is 8. The summed E-state index contributed by atoms with van der Waals surface area (Å²) in [5, 5.41) is 12.3. The van der Waals surface area contributed by atoms with Gasteiger partial charge in [0.25, 0.3) is 0 Å². The maximum absolute atomic E-state index is 13.4. The fourth-order valence-electron chi connectivity index (χ4n) is 3.98. The van der Waals surface area contributed by atoms with Crippen molar-refractivity contribution in [1.29, 1.82) is 0 Å². The van der Waals surface area contributed by atoms with Crippen LogP contribution in [0.2, 0.25) is 0 Å². The van der Waals surface area contributed by atoms with E-state index in [1.165, 1.54) is 17.0 Å². The van der Waals surface area contributed by atoms with Gasteiger partial charge in [-0.1, -0.05) is 38.1 Å². The molecule has 0 radical (unpaired) electrons. The summed E-state index contributed by atoms with van der Waals surface area (Å²) in [6.07, 6.45) is 1.02. The highest BCUT2D eigenvalue weighted by Gasteiger charge is 2.28. The zero-order valence-corrected chi connectivity index (χ0v) is 19.9. The summed E-state index contributed by atoms with van der Waals surface area (Å²) < 4.78 is 19.1. The number of hydrogen-bond acceptors (Lipinski definition) is 3. The molecule has 1 aliphatic heterocycles. The molecular weight excluding hydrogens is 437 g/mol. The minimum atomic E-state index is -0.934. The van der Waals surface area contributed by atoms with E-state index in [9.17, 15) is 19.1 Å². The van der Waals surface area contributed by atoms with Crippen LogP contribution in [-0.2, 0) is 13.1 Å². The summed E-state index contributed by atoms with van der Waals surface area (Å²) in [5.74, 6) is 0.910. The highest BCUT2D eigenvalue weighted by molar-refractivity contribution is 5.74. The first-order chi connectivity index (χ1) is 16.3. The minimum absolute atomic E-state index is 0.110. The molecule has 0 spiro atoms. The molecule has 1 atom stereocenters. The van der Waals surface area contributed by atoms with Gasteiger partial charge in [-0.3, -0.25) is 0 Å². The molecule has 2 aromatic carbocycles. The SMILES string of the molecule is CC(C)COc1ccc(CNC(=O)N(Cc2ccc(F)cc2)[C@@H]2CCCN(C(=O)O)CC2)cc1. The van der Waals surface area contributed by atoms with E-state index in [2.05, 4.69) is 19.2 Å². The average molecular weight is 472 g/mol. The Hall–Kier alpha value is -3.29. The van der Waals surface area contributed by atoms with E-state index in [-0.39, 0.29) is 17.9 Å². The van der Waals surface area contributed by atoms with Crippen LogP contribution in [0.1, 0.15) is 44.2 Å². The number of carboxylic acid groups (broad SMARTS) is 1. The molecule has 2 N–H and O–H groups in total. The molecule has 2 aromatic rings. The molecule has 0 bridgehead atoms. The van der Waals surface area contributed by atoms with Gasteiger partial charge in [0, 0.05) is 32.2 Å². The summed E-state index contributed by atoms with van der Waals surface area (Å²) in [6.45, 7) is 6.36. The number of carbonyl (C=O) groups excluding carboxylic acids is 1. The Labute approximate surface area is 200 Å². The molecule has 0 unspecified atom stereocenters. The van der Waals surface area contributed by atoms with E-state index in [1.807, 2.05) is 24.3 Å². The van der Waals surface area contributed by atoms with Gasteiger partial charge in [-0.2, -0.15) is 0 Å². The highest BCUT2D eigenvalue weighted by atomic mass is 19.1. The maximum Gasteiger partial charge on any atom is 0.407 e. The van der Waals surface area contributed by atoms with Gasteiger partial charge in [0.15, 0.2) is 0 Å². The lowest BCUT2D eigenvalue weighted by atomic mass is 10.1. The lowest BCUT2D eigenvalue weighted by Crippen LogP contribution is -2.46. The summed E-state index contributed by atoms with van der Waals surface area (Å²) in [4.78, 5) is 27.8. The summed E-state index contributed by atoms with van der Waals surface area (Å²) in [7, 11) is 0. The molecule has 1 saturated heterocycles. The molecule has 0 aliphatic carbocycles. The van der Waals surface area contributed by atoms with Gasteiger partial charge >= 0.3 is 12.1 Å². The van der Waals surface area contributed by atoms with Gasteiger partial charge in [-0.25, -0.2) is 14.0 Å². The zero-order valence-electron chi connectivity index (χ0n) is 19.9. The average Bonchev–Trinajstić information content (AvgIpc) is 3.08. The second-order valence-electron chi connectivity index (χ2n) is 9.12. The van der Waals surface area contributed by atoms with Crippen LogP contribution in [0.15, 0.2) is 48.5 Å². The summed E-state index contributed by atoms with van der Waals surface area (Å²) in [5.41, 5.74) is 1.77. The van der Waals surface area contributed by atoms with Crippen LogP contribution in [0.4, 0.5) is 14.0 Å². The first-order valence-corrected chi connectivity index (χ1v) is 11.8. The predicted octanol–water partition coefficient (Wildman–Crippen LogP) is 5.10. The fraction of sp³-hybridized carbons (Fsp3) is 0.462. The molecule has 1 aliphatic rings. The van der Waals surface area contributed by atoms with Crippen LogP contribution in [0.3, 0.4) is 0 Å². The Bertz CT molecular complexity index is 934. The van der Waals surface area contributed by atoms with Crippen molar-refractivity contribution in [2.45, 2.75) is 52.2 Å². The number of nitrogens with one attached hydrogen (secondary N) is 1. The monoisotopic (exact) mass is 471 g/mol. The van der Waals surface area contributed by atoms with E-state index in [0.29, 0.717) is 58.0 Å². The largest absolute Gasteiger partial charge is 0.493 e. The van der Waals surface area contributed by atoms with Crippen LogP contribution in [0, 0.1) is 11.7 Å². The number of urea groups is 1. The van der Waals surface area contributed by atoms with Crippen LogP contribution >= 0.6 is 0 Å². The van der Waals surface area contributed by atoms with E-state index in [4.69, 9.17) is 4.74 Å². The predicted molar refractivity (Wildman–Crippen MR) is 128 cm³/mol. The van der Waals surface area contributed by atoms with Crippen LogP contribution < -0.4 is 10.1 Å². The lowest BCUT2D eigenvalue weighted by molar-refractivity contribution is 0.143. The first-order valence-electron chi connectivity index (χ1n) is 11.8. The summed E-state index contributed by atoms with van der Waals surface area (Å²) >= 11 is 0. The zero-order chi connectivity index (χ0) is 24.5. The number of halogens is 1. The maximum atomic E-state index is 13.4. The van der Waals surface area contributed by atoms with Crippen molar-refractivity contribution in [3.63, 3.8) is 0 Å². The van der Waals surface area contributed by atoms with Crippen molar-refractivity contribution in [3.8, 4) is 5.75 Å².